The Labute approximate surface area is 177 Å². The summed E-state index contributed by atoms with van der Waals surface area (Å²) < 4.78 is 29.6. The minimum atomic E-state index is -1.36. The second-order valence-corrected chi connectivity index (χ2v) is 8.57. The van der Waals surface area contributed by atoms with E-state index in [0.29, 0.717) is 14.9 Å². The van der Waals surface area contributed by atoms with E-state index in [-0.39, 0.29) is 38.6 Å². The molecule has 4 aromatic rings. The van der Waals surface area contributed by atoms with Gasteiger partial charge < -0.3 is 10.3 Å². The Hall–Kier alpha value is -3.17. The summed E-state index contributed by atoms with van der Waals surface area (Å²) in [5.74, 6) is -4.10. The molecule has 0 aliphatic carbocycles. The van der Waals surface area contributed by atoms with E-state index < -0.39 is 23.4 Å². The minimum Gasteiger partial charge on any atom is -0.617 e. The van der Waals surface area contributed by atoms with Gasteiger partial charge in [0.2, 0.25) is 11.3 Å². The first-order valence-corrected chi connectivity index (χ1v) is 10.4. The van der Waals surface area contributed by atoms with Crippen LogP contribution >= 0.6 is 22.7 Å². The van der Waals surface area contributed by atoms with Gasteiger partial charge in [-0.1, -0.05) is 35.6 Å². The Kier molecular flexibility index (Phi) is 5.08. The van der Waals surface area contributed by atoms with Crippen molar-refractivity contribution in [2.75, 3.05) is 0 Å². The van der Waals surface area contributed by atoms with E-state index in [4.69, 9.17) is 0 Å². The van der Waals surface area contributed by atoms with Crippen LogP contribution in [0.5, 0.6) is 0 Å². The fourth-order valence-corrected chi connectivity index (χ4v) is 5.18. The Balaban J connectivity index is 1.75. The van der Waals surface area contributed by atoms with Crippen molar-refractivity contribution in [3.05, 3.63) is 79.6 Å². The maximum absolute atomic E-state index is 14.4. The molecule has 0 aliphatic rings. The zero-order valence-electron chi connectivity index (χ0n) is 15.4. The fraction of sp³-hybridized carbons (Fsp3) is 0.0952. The molecule has 2 aromatic carbocycles. The third-order valence-electron chi connectivity index (χ3n) is 4.68. The molecule has 30 heavy (non-hydrogen) atoms. The lowest BCUT2D eigenvalue weighted by atomic mass is 9.99. The number of thiazole rings is 1. The van der Waals surface area contributed by atoms with E-state index in [1.807, 2.05) is 0 Å². The van der Waals surface area contributed by atoms with Crippen molar-refractivity contribution in [3.63, 3.8) is 0 Å². The predicted octanol–water partition coefficient (Wildman–Crippen LogP) is 4.97. The zero-order chi connectivity index (χ0) is 21.6. The molecule has 1 N–H and O–H groups in total. The maximum atomic E-state index is 14.4. The van der Waals surface area contributed by atoms with Crippen molar-refractivity contribution in [3.8, 4) is 11.1 Å². The van der Waals surface area contributed by atoms with Gasteiger partial charge in [-0.3, -0.25) is 4.79 Å². The summed E-state index contributed by atoms with van der Waals surface area (Å²) in [6, 6.07) is 9.41. The summed E-state index contributed by atoms with van der Waals surface area (Å²) in [4.78, 5) is 24.8. The number of para-hydroxylation sites is 1. The number of aryl methyl sites for hydroxylation is 1. The van der Waals surface area contributed by atoms with E-state index in [0.717, 1.165) is 22.7 Å². The van der Waals surface area contributed by atoms with Crippen molar-refractivity contribution >= 4 is 44.6 Å². The Morgan fingerprint density at radius 2 is 1.83 bits per heavy atom. The third kappa shape index (κ3) is 3.25. The number of nitrogens with zero attached hydrogens (tertiary/aromatic N) is 1. The first-order chi connectivity index (χ1) is 14.3. The summed E-state index contributed by atoms with van der Waals surface area (Å²) in [6.45, 7) is 1.40. The van der Waals surface area contributed by atoms with Gasteiger partial charge in [0.1, 0.15) is 4.70 Å². The van der Waals surface area contributed by atoms with Crippen molar-refractivity contribution < 1.29 is 28.2 Å². The lowest BCUT2D eigenvalue weighted by Crippen LogP contribution is -2.32. The molecule has 0 bridgehead atoms. The van der Waals surface area contributed by atoms with Gasteiger partial charge in [-0.15, -0.1) is 11.3 Å². The number of aromatic nitrogens is 1. The van der Waals surface area contributed by atoms with Crippen LogP contribution in [-0.2, 0) is 6.42 Å². The van der Waals surface area contributed by atoms with Gasteiger partial charge in [0.05, 0.1) is 12.0 Å². The monoisotopic (exact) mass is 445 g/mol. The number of carboxylic acid groups (broad SMARTS) is 1. The minimum absolute atomic E-state index is 0.00181. The van der Waals surface area contributed by atoms with Crippen LogP contribution in [0.3, 0.4) is 0 Å². The Bertz CT molecular complexity index is 1330. The molecular weight excluding hydrogens is 432 g/mol. The van der Waals surface area contributed by atoms with Gasteiger partial charge in [-0.2, -0.15) is 4.73 Å². The largest absolute Gasteiger partial charge is 0.617 e. The van der Waals surface area contributed by atoms with Gasteiger partial charge >= 0.3 is 11.0 Å². The molecule has 0 saturated carbocycles. The summed E-state index contributed by atoms with van der Waals surface area (Å²) in [6.07, 6.45) is -0.336. The highest BCUT2D eigenvalue weighted by atomic mass is 32.1. The highest BCUT2D eigenvalue weighted by molar-refractivity contribution is 7.19. The SMILES string of the molecule is Cc1ccc(-c2csc(CC(=O)c3sc4ccccc4[n+]3[O-])c2C(=O)O)c(F)c1F. The van der Waals surface area contributed by atoms with Crippen LogP contribution in [0.2, 0.25) is 0 Å². The molecule has 152 valence electrons. The lowest BCUT2D eigenvalue weighted by molar-refractivity contribution is -0.574. The molecule has 2 aromatic heterocycles. The number of ketones is 1. The van der Waals surface area contributed by atoms with Crippen LogP contribution in [0.25, 0.3) is 21.3 Å². The predicted molar refractivity (Wildman–Crippen MR) is 110 cm³/mol. The summed E-state index contributed by atoms with van der Waals surface area (Å²) in [5, 5.41) is 23.4. The number of carbonyl (C=O) groups excluding carboxylic acids is 1. The van der Waals surface area contributed by atoms with Crippen molar-refractivity contribution in [2.45, 2.75) is 13.3 Å². The van der Waals surface area contributed by atoms with Crippen molar-refractivity contribution in [1.29, 1.82) is 0 Å². The van der Waals surface area contributed by atoms with E-state index >= 15 is 0 Å². The zero-order valence-corrected chi connectivity index (χ0v) is 17.1. The molecule has 0 aliphatic heterocycles. The number of hydrogen-bond acceptors (Lipinski definition) is 5. The highest BCUT2D eigenvalue weighted by Crippen LogP contribution is 2.35. The fourth-order valence-electron chi connectivity index (χ4n) is 3.17. The van der Waals surface area contributed by atoms with Crippen LogP contribution in [0.4, 0.5) is 8.78 Å². The van der Waals surface area contributed by atoms with Gasteiger partial charge in [0.25, 0.3) is 0 Å². The summed E-state index contributed by atoms with van der Waals surface area (Å²) in [5.41, 5.74) is -0.00444. The molecule has 9 heteroatoms. The lowest BCUT2D eigenvalue weighted by Gasteiger charge is -2.07. The average molecular weight is 445 g/mol. The van der Waals surface area contributed by atoms with E-state index in [9.17, 15) is 28.7 Å². The van der Waals surface area contributed by atoms with Crippen LogP contribution in [-0.4, -0.2) is 16.9 Å². The number of carboxylic acids is 1. The number of aromatic carboxylic acids is 1. The number of Topliss-reactive ketones (excluding diaryl/α,β-unsaturated/α-hetero) is 1. The van der Waals surface area contributed by atoms with Crippen LogP contribution in [0, 0.1) is 23.8 Å². The average Bonchev–Trinajstić information content (AvgIpc) is 3.28. The number of carbonyl (C=O) groups is 2. The van der Waals surface area contributed by atoms with E-state index in [1.54, 1.807) is 24.3 Å². The van der Waals surface area contributed by atoms with Gasteiger partial charge in [-0.05, 0) is 23.9 Å². The van der Waals surface area contributed by atoms with Crippen LogP contribution in [0.1, 0.15) is 30.6 Å². The molecule has 0 fully saturated rings. The second-order valence-electron chi connectivity index (χ2n) is 6.58. The first-order valence-electron chi connectivity index (χ1n) is 8.72. The van der Waals surface area contributed by atoms with Crippen LogP contribution < -0.4 is 4.73 Å². The standard InChI is InChI=1S/C21H13F2NO4S2/c1-10-6-7-11(19(23)18(10)22)12-9-29-16(17(12)21(26)27)8-14(25)20-24(28)13-4-2-3-5-15(13)30-20/h2-7,9H,8H2,1H3,(H,26,27). The molecule has 0 radical (unpaired) electrons. The molecule has 0 unspecified atom stereocenters. The summed E-state index contributed by atoms with van der Waals surface area (Å²) >= 11 is 1.98. The highest BCUT2D eigenvalue weighted by Gasteiger charge is 2.28. The number of hydrogen-bond donors (Lipinski definition) is 1. The van der Waals surface area contributed by atoms with Crippen molar-refractivity contribution in [1.82, 2.24) is 0 Å². The molecular formula is C21H13F2NO4S2. The van der Waals surface area contributed by atoms with Gasteiger partial charge in [0.15, 0.2) is 11.6 Å². The normalized spacial score (nSPS) is 11.2. The van der Waals surface area contributed by atoms with Crippen LogP contribution in [0.15, 0.2) is 41.8 Å². The molecule has 0 atom stereocenters. The quantitative estimate of drug-likeness (QED) is 0.267. The van der Waals surface area contributed by atoms with E-state index in [1.165, 1.54) is 24.4 Å². The number of rotatable bonds is 5. The molecule has 2 heterocycles. The molecule has 4 rings (SSSR count). The Morgan fingerprint density at radius 3 is 2.53 bits per heavy atom. The number of benzene rings is 2. The smallest absolute Gasteiger partial charge is 0.337 e. The summed E-state index contributed by atoms with van der Waals surface area (Å²) in [7, 11) is 0. The number of fused-ring (bicyclic) bond motifs is 1. The first kappa shape index (κ1) is 20.1. The van der Waals surface area contributed by atoms with E-state index in [2.05, 4.69) is 0 Å². The number of thiophene rings is 1. The van der Waals surface area contributed by atoms with Gasteiger partial charge in [-0.25, -0.2) is 13.6 Å². The molecule has 5 nitrogen and oxygen atoms in total. The molecule has 0 saturated heterocycles. The topological polar surface area (TPSA) is 81.3 Å². The maximum Gasteiger partial charge on any atom is 0.337 e. The second kappa shape index (κ2) is 7.58. The number of halogens is 2. The third-order valence-corrected chi connectivity index (χ3v) is 6.82. The van der Waals surface area contributed by atoms with Crippen molar-refractivity contribution in [2.24, 2.45) is 0 Å². The molecule has 0 amide bonds. The molecule has 0 spiro atoms. The van der Waals surface area contributed by atoms with Gasteiger partial charge in [0, 0.05) is 22.1 Å². The Morgan fingerprint density at radius 1 is 1.10 bits per heavy atom.